The molecule has 1 aromatic heterocycles. The van der Waals surface area contributed by atoms with Crippen LogP contribution in [0.1, 0.15) is 18.9 Å². The van der Waals surface area contributed by atoms with Crippen LogP contribution < -0.4 is 4.90 Å². The maximum absolute atomic E-state index is 11.1. The summed E-state index contributed by atoms with van der Waals surface area (Å²) in [7, 11) is 0. The van der Waals surface area contributed by atoms with Gasteiger partial charge in [-0.1, -0.05) is 42.3 Å². The zero-order valence-corrected chi connectivity index (χ0v) is 13.7. The van der Waals surface area contributed by atoms with Gasteiger partial charge < -0.3 is 10.0 Å². The lowest BCUT2D eigenvalue weighted by atomic mass is 9.77. The monoisotopic (exact) mass is 337 g/mol. The minimum atomic E-state index is -0.874. The predicted octanol–water partition coefficient (Wildman–Crippen LogP) is 3.52. The molecule has 1 aliphatic heterocycles. The smallest absolute Gasteiger partial charge is 0.151 e. The highest BCUT2D eigenvalue weighted by atomic mass is 35.5. The molecule has 0 aliphatic carbocycles. The van der Waals surface area contributed by atoms with Crippen molar-refractivity contribution in [1.82, 2.24) is 10.2 Å². The van der Waals surface area contributed by atoms with Gasteiger partial charge in [0, 0.05) is 24.0 Å². The van der Waals surface area contributed by atoms with Gasteiger partial charge in [0.05, 0.1) is 5.60 Å². The molecule has 1 fully saturated rings. The number of aromatic nitrogens is 2. The average molecular weight is 338 g/mol. The van der Waals surface area contributed by atoms with E-state index < -0.39 is 5.60 Å². The summed E-state index contributed by atoms with van der Waals surface area (Å²) in [6.07, 6.45) is 0.610. The van der Waals surface area contributed by atoms with E-state index >= 15 is 0 Å². The van der Waals surface area contributed by atoms with Crippen molar-refractivity contribution in [2.24, 2.45) is 5.92 Å². The van der Waals surface area contributed by atoms with Crippen molar-refractivity contribution in [3.8, 4) is 0 Å². The van der Waals surface area contributed by atoms with Gasteiger partial charge in [0.2, 0.25) is 0 Å². The third-order valence-corrected chi connectivity index (χ3v) is 4.78. The van der Waals surface area contributed by atoms with Crippen LogP contribution in [0.5, 0.6) is 0 Å². The Balaban J connectivity index is 1.81. The fraction of sp³-hybridized carbons (Fsp3) is 0.375. The number of hydrogen-bond donors (Lipinski definition) is 1. The quantitative estimate of drug-likeness (QED) is 0.910. The highest BCUT2D eigenvalue weighted by Gasteiger charge is 2.40. The Hall–Kier alpha value is -1.36. The molecule has 2 unspecified atom stereocenters. The molecule has 6 heteroatoms. The highest BCUT2D eigenvalue weighted by molar-refractivity contribution is 6.30. The van der Waals surface area contributed by atoms with Gasteiger partial charge in [0.15, 0.2) is 11.0 Å². The van der Waals surface area contributed by atoms with E-state index in [9.17, 15) is 5.11 Å². The molecule has 0 radical (unpaired) electrons. The van der Waals surface area contributed by atoms with Gasteiger partial charge in [0.25, 0.3) is 0 Å². The van der Waals surface area contributed by atoms with Gasteiger partial charge in [-0.3, -0.25) is 0 Å². The van der Waals surface area contributed by atoms with Crippen molar-refractivity contribution < 1.29 is 5.11 Å². The minimum absolute atomic E-state index is 0.0391. The summed E-state index contributed by atoms with van der Waals surface area (Å²) in [4.78, 5) is 2.12. The third kappa shape index (κ3) is 2.91. The van der Waals surface area contributed by atoms with E-state index in [1.54, 1.807) is 6.07 Å². The summed E-state index contributed by atoms with van der Waals surface area (Å²) in [6, 6.07) is 11.0. The van der Waals surface area contributed by atoms with Crippen LogP contribution in [0, 0.1) is 5.92 Å². The van der Waals surface area contributed by atoms with Crippen molar-refractivity contribution in [1.29, 1.82) is 0 Å². The van der Waals surface area contributed by atoms with Crippen LogP contribution >= 0.6 is 23.2 Å². The molecule has 1 saturated heterocycles. The number of piperidine rings is 1. The highest BCUT2D eigenvalue weighted by Crippen LogP contribution is 2.38. The molecule has 3 rings (SSSR count). The number of aliphatic hydroxyl groups is 1. The minimum Gasteiger partial charge on any atom is -0.385 e. The van der Waals surface area contributed by atoms with E-state index in [0.717, 1.165) is 11.4 Å². The molecule has 22 heavy (non-hydrogen) atoms. The van der Waals surface area contributed by atoms with Crippen LogP contribution in [-0.2, 0) is 5.60 Å². The molecule has 116 valence electrons. The largest absolute Gasteiger partial charge is 0.385 e. The van der Waals surface area contributed by atoms with Crippen LogP contribution in [0.25, 0.3) is 0 Å². The molecule has 2 atom stereocenters. The van der Waals surface area contributed by atoms with Gasteiger partial charge in [-0.2, -0.15) is 0 Å². The second-order valence-electron chi connectivity index (χ2n) is 5.75. The molecule has 1 N–H and O–H groups in total. The summed E-state index contributed by atoms with van der Waals surface area (Å²) in [5.74, 6) is 0.821. The van der Waals surface area contributed by atoms with Crippen molar-refractivity contribution >= 4 is 29.0 Å². The molecular formula is C16H17Cl2N3O. The summed E-state index contributed by atoms with van der Waals surface area (Å²) >= 11 is 11.8. The zero-order chi connectivity index (χ0) is 15.7. The molecule has 2 aromatic rings. The summed E-state index contributed by atoms with van der Waals surface area (Å²) in [6.45, 7) is 3.43. The first kappa shape index (κ1) is 15.5. The zero-order valence-electron chi connectivity index (χ0n) is 12.2. The fourth-order valence-corrected chi connectivity index (χ4v) is 3.29. The Kier molecular flexibility index (Phi) is 4.26. The van der Waals surface area contributed by atoms with Crippen molar-refractivity contribution in [3.05, 3.63) is 52.1 Å². The molecule has 1 aromatic carbocycles. The van der Waals surface area contributed by atoms with E-state index in [2.05, 4.69) is 15.1 Å². The van der Waals surface area contributed by atoms with E-state index in [0.29, 0.717) is 29.7 Å². The first-order valence-electron chi connectivity index (χ1n) is 7.21. The van der Waals surface area contributed by atoms with E-state index in [4.69, 9.17) is 23.2 Å². The van der Waals surface area contributed by atoms with Gasteiger partial charge in [-0.15, -0.1) is 10.2 Å². The number of benzene rings is 1. The maximum Gasteiger partial charge on any atom is 0.151 e. The summed E-state index contributed by atoms with van der Waals surface area (Å²) < 4.78 is 0. The van der Waals surface area contributed by atoms with Crippen LogP contribution in [0.4, 0.5) is 5.82 Å². The molecule has 1 aliphatic rings. The van der Waals surface area contributed by atoms with E-state index in [1.165, 1.54) is 0 Å². The van der Waals surface area contributed by atoms with E-state index in [-0.39, 0.29) is 5.92 Å². The first-order chi connectivity index (χ1) is 10.5. The second-order valence-corrected chi connectivity index (χ2v) is 6.57. The predicted molar refractivity (Wildman–Crippen MR) is 88.4 cm³/mol. The average Bonchev–Trinajstić information content (AvgIpc) is 2.51. The van der Waals surface area contributed by atoms with Crippen LogP contribution in [0.15, 0.2) is 36.4 Å². The Morgan fingerprint density at radius 1 is 1.23 bits per heavy atom. The van der Waals surface area contributed by atoms with Gasteiger partial charge in [-0.05, 0) is 36.2 Å². The van der Waals surface area contributed by atoms with E-state index in [1.807, 2.05) is 37.3 Å². The number of nitrogens with zero attached hydrogens (tertiary/aromatic N) is 3. The fourth-order valence-electron chi connectivity index (χ4n) is 3.00. The van der Waals surface area contributed by atoms with Gasteiger partial charge >= 0.3 is 0 Å². The Bertz CT molecular complexity index is 665. The Morgan fingerprint density at radius 2 is 2.05 bits per heavy atom. The lowest BCUT2D eigenvalue weighted by Gasteiger charge is -2.44. The van der Waals surface area contributed by atoms with Crippen molar-refractivity contribution in [3.63, 3.8) is 0 Å². The second kappa shape index (κ2) is 6.03. The first-order valence-corrected chi connectivity index (χ1v) is 7.97. The lowest BCUT2D eigenvalue weighted by molar-refractivity contribution is -0.0329. The third-order valence-electron chi connectivity index (χ3n) is 4.34. The van der Waals surface area contributed by atoms with Crippen LogP contribution in [-0.4, -0.2) is 28.4 Å². The van der Waals surface area contributed by atoms with Gasteiger partial charge in [-0.25, -0.2) is 0 Å². The summed E-state index contributed by atoms with van der Waals surface area (Å²) in [5, 5.41) is 20.1. The molecule has 4 nitrogen and oxygen atoms in total. The van der Waals surface area contributed by atoms with Crippen molar-refractivity contribution in [2.45, 2.75) is 18.9 Å². The standard InChI is InChI=1S/C16H17Cl2N3O/c1-11-10-21(15-6-5-14(18)19-20-15)8-7-16(11,22)12-3-2-4-13(17)9-12/h2-6,9,11,22H,7-8,10H2,1H3. The lowest BCUT2D eigenvalue weighted by Crippen LogP contribution is -2.49. The molecule has 0 bridgehead atoms. The number of halogens is 2. The van der Waals surface area contributed by atoms with Crippen LogP contribution in [0.2, 0.25) is 10.2 Å². The van der Waals surface area contributed by atoms with Crippen molar-refractivity contribution in [2.75, 3.05) is 18.0 Å². The normalized spacial score (nSPS) is 25.3. The number of anilines is 1. The summed E-state index contributed by atoms with van der Waals surface area (Å²) in [5.41, 5.74) is -0.00400. The maximum atomic E-state index is 11.1. The molecular weight excluding hydrogens is 321 g/mol. The Labute approximate surface area is 139 Å². The topological polar surface area (TPSA) is 49.2 Å². The molecule has 0 saturated carbocycles. The number of hydrogen-bond acceptors (Lipinski definition) is 4. The van der Waals surface area contributed by atoms with Gasteiger partial charge in [0.1, 0.15) is 0 Å². The Morgan fingerprint density at radius 3 is 2.68 bits per heavy atom. The molecule has 0 amide bonds. The molecule has 2 heterocycles. The molecule has 0 spiro atoms. The SMILES string of the molecule is CC1CN(c2ccc(Cl)nn2)CCC1(O)c1cccc(Cl)c1. The number of rotatable bonds is 2. The van der Waals surface area contributed by atoms with Crippen LogP contribution in [0.3, 0.4) is 0 Å².